The minimum atomic E-state index is -4.64. The van der Waals surface area contributed by atoms with E-state index in [1.54, 1.807) is 0 Å². The Morgan fingerprint density at radius 1 is 0.739 bits per heavy atom. The van der Waals surface area contributed by atoms with E-state index in [2.05, 4.69) is 0 Å². The van der Waals surface area contributed by atoms with Gasteiger partial charge in [0.2, 0.25) is 0 Å². The second kappa shape index (κ2) is 5.79. The first-order valence-corrected chi connectivity index (χ1v) is 6.53. The van der Waals surface area contributed by atoms with Crippen LogP contribution in [0.25, 0.3) is 0 Å². The van der Waals surface area contributed by atoms with Crippen LogP contribution in [0.3, 0.4) is 0 Å². The van der Waals surface area contributed by atoms with Gasteiger partial charge in [0, 0.05) is 0 Å². The molecule has 0 aliphatic heterocycles. The van der Waals surface area contributed by atoms with E-state index in [9.17, 15) is 31.4 Å². The van der Waals surface area contributed by atoms with Gasteiger partial charge in [-0.3, -0.25) is 0 Å². The van der Waals surface area contributed by atoms with Crippen molar-refractivity contribution in [3.05, 3.63) is 64.2 Å². The summed E-state index contributed by atoms with van der Waals surface area (Å²) in [5.74, 6) is -0.585. The Balaban J connectivity index is 2.40. The van der Waals surface area contributed by atoms with Crippen molar-refractivity contribution >= 4 is 0 Å². The predicted octanol–water partition coefficient (Wildman–Crippen LogP) is 5.33. The van der Waals surface area contributed by atoms with Gasteiger partial charge < -0.3 is 5.11 Å². The van der Waals surface area contributed by atoms with Crippen molar-refractivity contribution < 1.29 is 31.4 Å². The number of rotatable bonds is 2. The maximum atomic E-state index is 12.8. The first-order chi connectivity index (χ1) is 10.4. The Morgan fingerprint density at radius 3 is 1.74 bits per heavy atom. The Morgan fingerprint density at radius 2 is 1.22 bits per heavy atom. The van der Waals surface area contributed by atoms with Crippen molar-refractivity contribution in [2.45, 2.75) is 25.7 Å². The van der Waals surface area contributed by atoms with Gasteiger partial charge in [0.25, 0.3) is 0 Å². The fourth-order valence-electron chi connectivity index (χ4n) is 2.30. The van der Waals surface area contributed by atoms with Gasteiger partial charge in [-0.1, -0.05) is 11.6 Å². The highest BCUT2D eigenvalue weighted by Gasteiger charge is 2.32. The summed E-state index contributed by atoms with van der Waals surface area (Å²) < 4.78 is 76.5. The maximum absolute atomic E-state index is 12.8. The number of phenols is 1. The molecule has 0 unspecified atom stereocenters. The molecule has 0 atom stereocenters. The lowest BCUT2D eigenvalue weighted by Crippen LogP contribution is -2.07. The zero-order chi connectivity index (χ0) is 17.4. The van der Waals surface area contributed by atoms with Crippen molar-refractivity contribution in [1.29, 1.82) is 0 Å². The summed E-state index contributed by atoms with van der Waals surface area (Å²) in [6.07, 6.45) is -9.32. The Kier molecular flexibility index (Phi) is 4.32. The summed E-state index contributed by atoms with van der Waals surface area (Å²) in [6.45, 7) is 1.47. The highest BCUT2D eigenvalue weighted by Crippen LogP contribution is 2.34. The summed E-state index contributed by atoms with van der Waals surface area (Å²) >= 11 is 0. The number of benzene rings is 2. The highest BCUT2D eigenvalue weighted by atomic mass is 19.4. The van der Waals surface area contributed by atoms with Crippen molar-refractivity contribution in [3.8, 4) is 5.75 Å². The average Bonchev–Trinajstić information content (AvgIpc) is 2.35. The molecule has 0 spiro atoms. The van der Waals surface area contributed by atoms with Gasteiger partial charge in [-0.15, -0.1) is 0 Å². The Bertz CT molecular complexity index is 654. The van der Waals surface area contributed by atoms with Crippen LogP contribution in [0.5, 0.6) is 5.75 Å². The van der Waals surface area contributed by atoms with E-state index >= 15 is 0 Å². The number of halogens is 6. The second-order valence-corrected chi connectivity index (χ2v) is 5.27. The van der Waals surface area contributed by atoms with Gasteiger partial charge in [0.15, 0.2) is 0 Å². The van der Waals surface area contributed by atoms with Gasteiger partial charge in [-0.25, -0.2) is 0 Å². The zero-order valence-corrected chi connectivity index (χ0v) is 11.9. The van der Waals surface area contributed by atoms with Gasteiger partial charge >= 0.3 is 12.4 Å². The van der Waals surface area contributed by atoms with Crippen molar-refractivity contribution in [2.75, 3.05) is 0 Å². The zero-order valence-electron chi connectivity index (χ0n) is 11.9. The van der Waals surface area contributed by atoms with E-state index < -0.39 is 29.2 Å². The molecule has 2 aromatic carbocycles. The monoisotopic (exact) mass is 334 g/mol. The first kappa shape index (κ1) is 17.2. The largest absolute Gasteiger partial charge is 0.508 e. The lowest BCUT2D eigenvalue weighted by atomic mass is 9.98. The molecule has 0 saturated heterocycles. The van der Waals surface area contributed by atoms with Crippen molar-refractivity contribution in [3.63, 3.8) is 0 Å². The summed E-state index contributed by atoms with van der Waals surface area (Å²) in [5, 5.41) is 9.39. The molecule has 0 radical (unpaired) electrons. The van der Waals surface area contributed by atoms with Crippen LogP contribution in [0.4, 0.5) is 26.3 Å². The van der Waals surface area contributed by atoms with Gasteiger partial charge in [0.1, 0.15) is 5.75 Å². The molecular formula is C16H12F6O. The second-order valence-electron chi connectivity index (χ2n) is 5.27. The molecule has 0 heterocycles. The number of aryl methyl sites for hydroxylation is 1. The van der Waals surface area contributed by atoms with Crippen LogP contribution >= 0.6 is 0 Å². The third kappa shape index (κ3) is 4.40. The van der Waals surface area contributed by atoms with E-state index in [4.69, 9.17) is 0 Å². The van der Waals surface area contributed by atoms with Gasteiger partial charge in [0.05, 0.1) is 11.1 Å². The normalized spacial score (nSPS) is 12.5. The Labute approximate surface area is 128 Å². The fraction of sp³-hybridized carbons (Fsp3) is 0.250. The molecule has 0 bridgehead atoms. The molecule has 0 saturated carbocycles. The molecule has 0 fully saturated rings. The molecule has 0 aromatic heterocycles. The molecule has 1 nitrogen and oxygen atoms in total. The smallest absolute Gasteiger partial charge is 0.416 e. The number of alkyl halides is 6. The molecular weight excluding hydrogens is 322 g/mol. The van der Waals surface area contributed by atoms with Crippen LogP contribution in [0.2, 0.25) is 0 Å². The van der Waals surface area contributed by atoms with Crippen molar-refractivity contribution in [2.24, 2.45) is 0 Å². The average molecular weight is 334 g/mol. The number of aromatic hydroxyl groups is 1. The van der Waals surface area contributed by atoms with Gasteiger partial charge in [-0.05, 0) is 54.8 Å². The van der Waals surface area contributed by atoms with E-state index in [1.807, 2.05) is 0 Å². The minimum Gasteiger partial charge on any atom is -0.508 e. The van der Waals surface area contributed by atoms with Crippen LogP contribution in [-0.2, 0) is 18.8 Å². The Hall–Kier alpha value is -2.18. The number of phenolic OH excluding ortho intramolecular Hbond substituents is 1. The lowest BCUT2D eigenvalue weighted by molar-refractivity contribution is -0.138. The molecule has 124 valence electrons. The summed E-state index contributed by atoms with van der Waals surface area (Å²) in [6, 6.07) is 5.81. The van der Waals surface area contributed by atoms with E-state index in [0.29, 0.717) is 11.6 Å². The topological polar surface area (TPSA) is 20.2 Å². The van der Waals surface area contributed by atoms with Crippen LogP contribution < -0.4 is 0 Å². The lowest BCUT2D eigenvalue weighted by Gasteiger charge is -2.12. The number of hydrogen-bond donors (Lipinski definition) is 1. The van der Waals surface area contributed by atoms with E-state index in [0.717, 1.165) is 24.3 Å². The first-order valence-electron chi connectivity index (χ1n) is 6.53. The van der Waals surface area contributed by atoms with Crippen LogP contribution in [0, 0.1) is 6.92 Å². The molecule has 0 amide bonds. The standard InChI is InChI=1S/C16H12F6O/c1-9-2-10(5-12(3-9)15(17,18)19)4-11-6-13(16(20,21)22)8-14(23)7-11/h2-3,5-8,23H,4H2,1H3. The summed E-state index contributed by atoms with van der Waals surface area (Å²) in [4.78, 5) is 0. The van der Waals surface area contributed by atoms with E-state index in [1.165, 1.54) is 13.0 Å². The molecule has 7 heteroatoms. The molecule has 2 aromatic rings. The predicted molar refractivity (Wildman–Crippen MR) is 72.1 cm³/mol. The fourth-order valence-corrected chi connectivity index (χ4v) is 2.30. The summed E-state index contributed by atoms with van der Waals surface area (Å²) in [5.41, 5.74) is -1.25. The third-order valence-corrected chi connectivity index (χ3v) is 3.18. The SMILES string of the molecule is Cc1cc(Cc2cc(O)cc(C(F)(F)F)c2)cc(C(F)(F)F)c1. The number of hydrogen-bond acceptors (Lipinski definition) is 1. The van der Waals surface area contributed by atoms with E-state index in [-0.39, 0.29) is 17.5 Å². The minimum absolute atomic E-state index is 0.0797. The molecule has 0 aliphatic carbocycles. The maximum Gasteiger partial charge on any atom is 0.416 e. The van der Waals surface area contributed by atoms with Crippen molar-refractivity contribution in [1.82, 2.24) is 0 Å². The molecule has 1 N–H and O–H groups in total. The van der Waals surface area contributed by atoms with Crippen LogP contribution in [-0.4, -0.2) is 5.11 Å². The molecule has 23 heavy (non-hydrogen) atoms. The third-order valence-electron chi connectivity index (χ3n) is 3.18. The molecule has 0 aliphatic rings. The van der Waals surface area contributed by atoms with Crippen LogP contribution in [0.15, 0.2) is 36.4 Å². The quantitative estimate of drug-likeness (QED) is 0.736. The highest BCUT2D eigenvalue weighted by molar-refractivity contribution is 5.39. The van der Waals surface area contributed by atoms with Gasteiger partial charge in [-0.2, -0.15) is 26.3 Å². The summed E-state index contributed by atoms with van der Waals surface area (Å²) in [7, 11) is 0. The molecule has 2 rings (SSSR count). The van der Waals surface area contributed by atoms with Crippen LogP contribution in [0.1, 0.15) is 27.8 Å².